The quantitative estimate of drug-likeness (QED) is 0.236. The van der Waals surface area contributed by atoms with Crippen LogP contribution in [0.15, 0.2) is 72.8 Å². The van der Waals surface area contributed by atoms with Gasteiger partial charge in [-0.05, 0) is 68.8 Å². The molecule has 0 saturated heterocycles. The molecule has 0 aromatic heterocycles. The highest BCUT2D eigenvalue weighted by molar-refractivity contribution is 6.00. The molecule has 0 fully saturated rings. The van der Waals surface area contributed by atoms with Gasteiger partial charge in [0.25, 0.3) is 0 Å². The topological polar surface area (TPSA) is 125 Å². The Bertz CT molecular complexity index is 1350. The van der Waals surface area contributed by atoms with Crippen molar-refractivity contribution in [2.24, 2.45) is 0 Å². The third kappa shape index (κ3) is 8.90. The van der Waals surface area contributed by atoms with Crippen molar-refractivity contribution in [1.82, 2.24) is 0 Å². The van der Waals surface area contributed by atoms with Crippen molar-refractivity contribution in [1.29, 1.82) is 0 Å². The van der Waals surface area contributed by atoms with Crippen LogP contribution in [0.25, 0.3) is 0 Å². The van der Waals surface area contributed by atoms with Crippen LogP contribution in [0.4, 0.5) is 5.69 Å². The summed E-state index contributed by atoms with van der Waals surface area (Å²) in [6.07, 6.45) is -0.700. The van der Waals surface area contributed by atoms with Gasteiger partial charge in [0.15, 0.2) is 18.5 Å². The number of aryl methyl sites for hydroxylation is 1. The van der Waals surface area contributed by atoms with Crippen LogP contribution in [0, 0.1) is 6.92 Å². The van der Waals surface area contributed by atoms with Gasteiger partial charge in [0.05, 0.1) is 12.7 Å². The molecule has 0 aliphatic rings. The average Bonchev–Trinajstić information content (AvgIpc) is 2.96. The van der Waals surface area contributed by atoms with Crippen LogP contribution in [0.3, 0.4) is 0 Å². The number of esters is 2. The fourth-order valence-electron chi connectivity index (χ4n) is 3.64. The molecule has 9 nitrogen and oxygen atoms in total. The molecule has 208 valence electrons. The van der Waals surface area contributed by atoms with Gasteiger partial charge >= 0.3 is 11.9 Å². The van der Waals surface area contributed by atoms with E-state index in [1.807, 2.05) is 19.1 Å². The summed E-state index contributed by atoms with van der Waals surface area (Å²) in [5.41, 5.74) is 2.57. The Kier molecular flexibility index (Phi) is 10.7. The summed E-state index contributed by atoms with van der Waals surface area (Å²) in [5, 5.41) is 2.69. The zero-order valence-electron chi connectivity index (χ0n) is 22.6. The first kappa shape index (κ1) is 29.8. The monoisotopic (exact) mass is 545 g/mol. The molecular formula is C31H31NO8. The predicted molar refractivity (Wildman–Crippen MR) is 148 cm³/mol. The van der Waals surface area contributed by atoms with E-state index in [0.717, 1.165) is 5.56 Å². The zero-order valence-corrected chi connectivity index (χ0v) is 22.6. The number of carbonyl (C=O) groups is 5. The molecule has 3 aromatic rings. The Hall–Kier alpha value is -4.79. The van der Waals surface area contributed by atoms with Gasteiger partial charge in [-0.3, -0.25) is 19.2 Å². The first-order valence-corrected chi connectivity index (χ1v) is 12.7. The number of anilines is 1. The van der Waals surface area contributed by atoms with Gasteiger partial charge in [-0.1, -0.05) is 29.8 Å². The molecule has 1 N–H and O–H groups in total. The fraction of sp³-hybridized carbons (Fsp3) is 0.258. The smallest absolute Gasteiger partial charge is 0.338 e. The van der Waals surface area contributed by atoms with Crippen LogP contribution in [0.2, 0.25) is 0 Å². The molecule has 3 rings (SSSR count). The van der Waals surface area contributed by atoms with Gasteiger partial charge < -0.3 is 19.5 Å². The number of carbonyl (C=O) groups excluding carboxylic acids is 5. The molecule has 0 heterocycles. The lowest BCUT2D eigenvalue weighted by atomic mass is 10.1. The van der Waals surface area contributed by atoms with Crippen LogP contribution in [-0.2, 0) is 19.1 Å². The summed E-state index contributed by atoms with van der Waals surface area (Å²) in [5.74, 6) is -1.59. The maximum absolute atomic E-state index is 12.4. The Labute approximate surface area is 232 Å². The van der Waals surface area contributed by atoms with Gasteiger partial charge in [-0.15, -0.1) is 0 Å². The lowest BCUT2D eigenvalue weighted by Gasteiger charge is -2.12. The number of Topliss-reactive ketones (excluding diaryl/α,β-unsaturated/α-hetero) is 2. The second kappa shape index (κ2) is 14.4. The minimum Gasteiger partial charge on any atom is -0.497 e. The van der Waals surface area contributed by atoms with Crippen LogP contribution in [-0.4, -0.2) is 49.2 Å². The van der Waals surface area contributed by atoms with Crippen LogP contribution >= 0.6 is 0 Å². The Morgan fingerprint density at radius 2 is 1.38 bits per heavy atom. The average molecular weight is 546 g/mol. The highest BCUT2D eigenvalue weighted by Crippen LogP contribution is 2.15. The standard InChI is InChI=1S/C31H31NO8/c1-20-7-9-22(10-8-20)27(33)19-39-31(37)24-11-15-25(16-12-24)32-28(34)5-4-6-29(35)40-21(2)30(36)23-13-17-26(38-3)18-14-23/h7-18,21H,4-6,19H2,1-3H3,(H,32,34)/t21-/m1/s1. The Balaban J connectivity index is 1.37. The van der Waals surface area contributed by atoms with Crippen molar-refractivity contribution in [3.05, 3.63) is 95.1 Å². The third-order valence-electron chi connectivity index (χ3n) is 5.95. The van der Waals surface area contributed by atoms with E-state index >= 15 is 0 Å². The van der Waals surface area contributed by atoms with E-state index in [2.05, 4.69) is 5.32 Å². The summed E-state index contributed by atoms with van der Waals surface area (Å²) in [6.45, 7) is 3.03. The summed E-state index contributed by atoms with van der Waals surface area (Å²) >= 11 is 0. The van der Waals surface area contributed by atoms with Crippen molar-refractivity contribution < 1.29 is 38.2 Å². The lowest BCUT2D eigenvalue weighted by Crippen LogP contribution is -2.24. The maximum atomic E-state index is 12.4. The normalized spacial score (nSPS) is 11.2. The van der Waals surface area contributed by atoms with E-state index in [-0.39, 0.29) is 48.9 Å². The van der Waals surface area contributed by atoms with Crippen LogP contribution < -0.4 is 10.1 Å². The number of hydrogen-bond acceptors (Lipinski definition) is 8. The molecular weight excluding hydrogens is 514 g/mol. The summed E-state index contributed by atoms with van der Waals surface area (Å²) in [7, 11) is 1.52. The molecule has 0 saturated carbocycles. The van der Waals surface area contributed by atoms with Gasteiger partial charge in [-0.2, -0.15) is 0 Å². The number of nitrogens with one attached hydrogen (secondary N) is 1. The first-order valence-electron chi connectivity index (χ1n) is 12.7. The van der Waals surface area contributed by atoms with Crippen molar-refractivity contribution in [2.75, 3.05) is 19.0 Å². The molecule has 0 unspecified atom stereocenters. The molecule has 1 atom stereocenters. The third-order valence-corrected chi connectivity index (χ3v) is 5.95. The number of hydrogen-bond donors (Lipinski definition) is 1. The van der Waals surface area contributed by atoms with Gasteiger partial charge in [0.2, 0.25) is 11.7 Å². The second-order valence-corrected chi connectivity index (χ2v) is 9.07. The molecule has 0 aliphatic heterocycles. The minimum absolute atomic E-state index is 0.0280. The molecule has 3 aromatic carbocycles. The van der Waals surface area contributed by atoms with E-state index in [1.54, 1.807) is 36.4 Å². The van der Waals surface area contributed by atoms with Crippen molar-refractivity contribution in [3.8, 4) is 5.75 Å². The van der Waals surface area contributed by atoms with Crippen LogP contribution in [0.1, 0.15) is 62.8 Å². The van der Waals surface area contributed by atoms with Gasteiger partial charge in [0.1, 0.15) is 5.75 Å². The highest BCUT2D eigenvalue weighted by Gasteiger charge is 2.20. The molecule has 9 heteroatoms. The van der Waals surface area contributed by atoms with E-state index in [1.165, 1.54) is 38.3 Å². The van der Waals surface area contributed by atoms with Crippen molar-refractivity contribution in [2.45, 2.75) is 39.2 Å². The largest absolute Gasteiger partial charge is 0.497 e. The number of ketones is 2. The highest BCUT2D eigenvalue weighted by atomic mass is 16.5. The second-order valence-electron chi connectivity index (χ2n) is 9.07. The molecule has 0 bridgehead atoms. The molecule has 0 radical (unpaired) electrons. The van der Waals surface area contributed by atoms with Crippen LogP contribution in [0.5, 0.6) is 5.75 Å². The molecule has 0 spiro atoms. The van der Waals surface area contributed by atoms with Gasteiger partial charge in [-0.25, -0.2) is 4.79 Å². The number of methoxy groups -OCH3 is 1. The van der Waals surface area contributed by atoms with E-state index in [0.29, 0.717) is 22.6 Å². The zero-order chi connectivity index (χ0) is 29.1. The number of ether oxygens (including phenoxy) is 3. The lowest BCUT2D eigenvalue weighted by molar-refractivity contribution is -0.146. The Morgan fingerprint density at radius 1 is 0.775 bits per heavy atom. The predicted octanol–water partition coefficient (Wildman–Crippen LogP) is 4.97. The molecule has 40 heavy (non-hydrogen) atoms. The summed E-state index contributed by atoms with van der Waals surface area (Å²) in [6, 6.07) is 19.5. The minimum atomic E-state index is -0.958. The van der Waals surface area contributed by atoms with Crippen molar-refractivity contribution >= 4 is 35.1 Å². The first-order chi connectivity index (χ1) is 19.2. The number of rotatable bonds is 13. The molecule has 0 aliphatic carbocycles. The molecule has 1 amide bonds. The SMILES string of the molecule is COc1ccc(C(=O)[C@@H](C)OC(=O)CCCC(=O)Nc2ccc(C(=O)OCC(=O)c3ccc(C)cc3)cc2)cc1. The Morgan fingerprint density at radius 3 is 2.00 bits per heavy atom. The maximum Gasteiger partial charge on any atom is 0.338 e. The van der Waals surface area contributed by atoms with E-state index in [9.17, 15) is 24.0 Å². The summed E-state index contributed by atoms with van der Waals surface area (Å²) < 4.78 is 15.4. The van der Waals surface area contributed by atoms with E-state index < -0.39 is 18.0 Å². The van der Waals surface area contributed by atoms with Gasteiger partial charge in [0, 0.05) is 29.7 Å². The summed E-state index contributed by atoms with van der Waals surface area (Å²) in [4.78, 5) is 61.3. The van der Waals surface area contributed by atoms with E-state index in [4.69, 9.17) is 14.2 Å². The van der Waals surface area contributed by atoms with Crippen molar-refractivity contribution in [3.63, 3.8) is 0 Å². The number of amides is 1. The fourth-order valence-corrected chi connectivity index (χ4v) is 3.64. The number of benzene rings is 3.